The molecule has 0 unspecified atom stereocenters. The van der Waals surface area contributed by atoms with Crippen molar-refractivity contribution in [3.63, 3.8) is 0 Å². The molecule has 2 aromatic rings. The van der Waals surface area contributed by atoms with Gasteiger partial charge in [-0.15, -0.1) is 0 Å². The number of carbonyl (C=O) groups is 1. The zero-order valence-electron chi connectivity index (χ0n) is 17.1. The second-order valence-corrected chi connectivity index (χ2v) is 9.73. The lowest BCUT2D eigenvalue weighted by atomic mass is 10.2. The average Bonchev–Trinajstić information content (AvgIpc) is 3.01. The van der Waals surface area contributed by atoms with E-state index in [1.54, 1.807) is 36.2 Å². The van der Waals surface area contributed by atoms with E-state index in [1.165, 1.54) is 6.07 Å². The molecule has 9 heteroatoms. The molecule has 7 nitrogen and oxygen atoms in total. The molecule has 0 aliphatic carbocycles. The summed E-state index contributed by atoms with van der Waals surface area (Å²) in [7, 11) is -2.15. The minimum Gasteiger partial charge on any atom is -0.367 e. The third-order valence-corrected chi connectivity index (χ3v) is 7.40. The summed E-state index contributed by atoms with van der Waals surface area (Å²) >= 11 is 6.18. The van der Waals surface area contributed by atoms with E-state index in [0.29, 0.717) is 16.3 Å². The van der Waals surface area contributed by atoms with Crippen molar-refractivity contribution in [3.8, 4) is 0 Å². The van der Waals surface area contributed by atoms with E-state index in [0.717, 1.165) is 44.1 Å². The first-order valence-corrected chi connectivity index (χ1v) is 11.8. The molecule has 1 fully saturated rings. The number of anilines is 3. The molecule has 30 heavy (non-hydrogen) atoms. The van der Waals surface area contributed by atoms with Gasteiger partial charge in [0.25, 0.3) is 10.0 Å². The van der Waals surface area contributed by atoms with Gasteiger partial charge in [-0.1, -0.05) is 18.5 Å². The predicted octanol–water partition coefficient (Wildman–Crippen LogP) is 2.80. The highest BCUT2D eigenvalue weighted by atomic mass is 35.5. The third kappa shape index (κ3) is 3.99. The van der Waals surface area contributed by atoms with Gasteiger partial charge in [0, 0.05) is 43.9 Å². The lowest BCUT2D eigenvalue weighted by Gasteiger charge is -2.36. The molecule has 2 aliphatic rings. The van der Waals surface area contributed by atoms with Crippen LogP contribution in [0.25, 0.3) is 0 Å². The Morgan fingerprint density at radius 2 is 1.73 bits per heavy atom. The van der Waals surface area contributed by atoms with Crippen LogP contribution in [0.4, 0.5) is 17.1 Å². The van der Waals surface area contributed by atoms with Gasteiger partial charge in [-0.05, 0) is 48.5 Å². The van der Waals surface area contributed by atoms with Crippen LogP contribution >= 0.6 is 11.6 Å². The molecule has 0 bridgehead atoms. The van der Waals surface area contributed by atoms with Crippen LogP contribution in [-0.4, -0.2) is 59.0 Å². The minimum absolute atomic E-state index is 0.0455. The highest BCUT2D eigenvalue weighted by molar-refractivity contribution is 7.92. The van der Waals surface area contributed by atoms with Gasteiger partial charge in [0.2, 0.25) is 5.91 Å². The summed E-state index contributed by atoms with van der Waals surface area (Å²) in [6.45, 7) is 6.63. The number of sulfonamides is 1. The van der Waals surface area contributed by atoms with Crippen molar-refractivity contribution in [2.24, 2.45) is 0 Å². The maximum absolute atomic E-state index is 13.1. The summed E-state index contributed by atoms with van der Waals surface area (Å²) in [6.07, 6.45) is 0.208. The SMILES string of the molecule is CCN1CCN(c2ccc(Cl)cc2NS(=O)(=O)c2ccc3c(c2)CC(=O)N3C)CC1. The normalized spacial score (nSPS) is 17.4. The van der Waals surface area contributed by atoms with Crippen molar-refractivity contribution in [3.05, 3.63) is 47.0 Å². The number of amides is 1. The molecule has 1 amide bonds. The zero-order valence-corrected chi connectivity index (χ0v) is 18.6. The Labute approximate surface area is 182 Å². The van der Waals surface area contributed by atoms with Crippen molar-refractivity contribution in [2.45, 2.75) is 18.2 Å². The maximum Gasteiger partial charge on any atom is 0.261 e. The molecule has 2 aliphatic heterocycles. The van der Waals surface area contributed by atoms with E-state index in [4.69, 9.17) is 11.6 Å². The van der Waals surface area contributed by atoms with Crippen LogP contribution in [0.1, 0.15) is 12.5 Å². The van der Waals surface area contributed by atoms with E-state index < -0.39 is 10.0 Å². The summed E-state index contributed by atoms with van der Waals surface area (Å²) < 4.78 is 29.0. The number of piperazine rings is 1. The lowest BCUT2D eigenvalue weighted by Crippen LogP contribution is -2.46. The third-order valence-electron chi connectivity index (χ3n) is 5.80. The number of hydrogen-bond acceptors (Lipinski definition) is 5. The molecule has 1 saturated heterocycles. The van der Waals surface area contributed by atoms with Gasteiger partial charge >= 0.3 is 0 Å². The van der Waals surface area contributed by atoms with E-state index in [1.807, 2.05) is 6.07 Å². The number of nitrogens with zero attached hydrogens (tertiary/aromatic N) is 3. The first-order chi connectivity index (χ1) is 14.3. The topological polar surface area (TPSA) is 73.0 Å². The fourth-order valence-corrected chi connectivity index (χ4v) is 5.28. The number of nitrogens with one attached hydrogen (secondary N) is 1. The molecular formula is C21H25ClN4O3S. The molecule has 4 rings (SSSR count). The summed E-state index contributed by atoms with van der Waals surface area (Å²) in [5.41, 5.74) is 2.74. The van der Waals surface area contributed by atoms with Crippen LogP contribution in [0, 0.1) is 0 Å². The summed E-state index contributed by atoms with van der Waals surface area (Å²) in [5, 5.41) is 0.463. The van der Waals surface area contributed by atoms with Gasteiger partial charge < -0.3 is 14.7 Å². The van der Waals surface area contributed by atoms with Crippen molar-refractivity contribution in [1.82, 2.24) is 4.90 Å². The van der Waals surface area contributed by atoms with Gasteiger partial charge in [0.05, 0.1) is 22.7 Å². The van der Waals surface area contributed by atoms with Crippen molar-refractivity contribution in [1.29, 1.82) is 0 Å². The lowest BCUT2D eigenvalue weighted by molar-refractivity contribution is -0.117. The van der Waals surface area contributed by atoms with E-state index in [9.17, 15) is 13.2 Å². The number of benzene rings is 2. The number of carbonyl (C=O) groups excluding carboxylic acids is 1. The largest absolute Gasteiger partial charge is 0.367 e. The van der Waals surface area contributed by atoms with E-state index in [2.05, 4.69) is 21.4 Å². The van der Waals surface area contributed by atoms with Crippen molar-refractivity contribution >= 4 is 44.6 Å². The number of fused-ring (bicyclic) bond motifs is 1. The molecule has 0 atom stereocenters. The average molecular weight is 449 g/mol. The molecule has 0 saturated carbocycles. The fourth-order valence-electron chi connectivity index (χ4n) is 3.99. The van der Waals surface area contributed by atoms with Crippen LogP contribution in [0.2, 0.25) is 5.02 Å². The van der Waals surface area contributed by atoms with E-state index >= 15 is 0 Å². The van der Waals surface area contributed by atoms with E-state index in [-0.39, 0.29) is 17.2 Å². The summed E-state index contributed by atoms with van der Waals surface area (Å²) in [6, 6.07) is 10.1. The monoisotopic (exact) mass is 448 g/mol. The van der Waals surface area contributed by atoms with Gasteiger partial charge in [0.1, 0.15) is 0 Å². The molecule has 0 spiro atoms. The summed E-state index contributed by atoms with van der Waals surface area (Å²) in [5.74, 6) is -0.0455. The maximum atomic E-state index is 13.1. The number of likely N-dealkylation sites (N-methyl/N-ethyl adjacent to an activating group) is 2. The standard InChI is InChI=1S/C21H25ClN4O3S/c1-3-25-8-10-26(11-9-25)20-6-4-16(22)14-18(20)23-30(28,29)17-5-7-19-15(12-17)13-21(27)24(19)2/h4-7,12,14,23H,3,8-11,13H2,1-2H3. The molecule has 160 valence electrons. The first-order valence-electron chi connectivity index (χ1n) is 9.97. The van der Waals surface area contributed by atoms with Crippen LogP contribution in [-0.2, 0) is 21.2 Å². The van der Waals surface area contributed by atoms with Gasteiger partial charge in [-0.3, -0.25) is 9.52 Å². The number of hydrogen-bond donors (Lipinski definition) is 1. The fraction of sp³-hybridized carbons (Fsp3) is 0.381. The molecule has 0 radical (unpaired) electrons. The summed E-state index contributed by atoms with van der Waals surface area (Å²) in [4.78, 5) is 18.1. The molecule has 0 aromatic heterocycles. The van der Waals surface area contributed by atoms with Crippen LogP contribution in [0.5, 0.6) is 0 Å². The van der Waals surface area contributed by atoms with Gasteiger partial charge in [-0.2, -0.15) is 0 Å². The second kappa shape index (κ2) is 8.09. The van der Waals surface area contributed by atoms with Crippen LogP contribution in [0.15, 0.2) is 41.3 Å². The molecular weight excluding hydrogens is 424 g/mol. The highest BCUT2D eigenvalue weighted by Gasteiger charge is 2.27. The quantitative estimate of drug-likeness (QED) is 0.761. The number of halogens is 1. The predicted molar refractivity (Wildman–Crippen MR) is 120 cm³/mol. The first kappa shape index (κ1) is 21.0. The van der Waals surface area contributed by atoms with Gasteiger partial charge in [0.15, 0.2) is 0 Å². The molecule has 2 heterocycles. The number of rotatable bonds is 5. The minimum atomic E-state index is -3.84. The highest BCUT2D eigenvalue weighted by Crippen LogP contribution is 2.34. The van der Waals surface area contributed by atoms with Gasteiger partial charge in [-0.25, -0.2) is 8.42 Å². The Bertz CT molecular complexity index is 1080. The second-order valence-electron chi connectivity index (χ2n) is 7.61. The molecule has 2 aromatic carbocycles. The Balaban J connectivity index is 1.62. The molecule has 1 N–H and O–H groups in total. The smallest absolute Gasteiger partial charge is 0.261 e. The Morgan fingerprint density at radius 1 is 1.03 bits per heavy atom. The van der Waals surface area contributed by atoms with Crippen LogP contribution in [0.3, 0.4) is 0 Å². The van der Waals surface area contributed by atoms with Crippen molar-refractivity contribution < 1.29 is 13.2 Å². The Hall–Kier alpha value is -2.29. The van der Waals surface area contributed by atoms with Crippen LogP contribution < -0.4 is 14.5 Å². The zero-order chi connectivity index (χ0) is 21.5. The Morgan fingerprint density at radius 3 is 2.43 bits per heavy atom. The Kier molecular flexibility index (Phi) is 5.65. The van der Waals surface area contributed by atoms with Crippen molar-refractivity contribution in [2.75, 3.05) is 54.3 Å².